The minimum Gasteiger partial charge on any atom is -0.323 e. The highest BCUT2D eigenvalue weighted by Gasteiger charge is 2.09. The second-order valence-corrected chi connectivity index (χ2v) is 6.77. The number of anilines is 1. The van der Waals surface area contributed by atoms with Crippen molar-refractivity contribution >= 4 is 27.5 Å². The Morgan fingerprint density at radius 1 is 1.16 bits per heavy atom. The molecular formula is C19H17BrFN3O. The number of carbonyl (C=O) groups excluding carboxylic acids is 1. The van der Waals surface area contributed by atoms with Crippen LogP contribution in [0.15, 0.2) is 53.0 Å². The topological polar surface area (TPSA) is 46.9 Å². The zero-order chi connectivity index (χ0) is 18.0. The molecule has 0 aliphatic carbocycles. The predicted octanol–water partition coefficient (Wildman–Crippen LogP) is 4.57. The Hall–Kier alpha value is -2.47. The van der Waals surface area contributed by atoms with Crippen molar-refractivity contribution in [3.63, 3.8) is 0 Å². The van der Waals surface area contributed by atoms with Gasteiger partial charge < -0.3 is 5.32 Å². The molecule has 3 rings (SSSR count). The summed E-state index contributed by atoms with van der Waals surface area (Å²) >= 11 is 3.19. The molecule has 1 N–H and O–H groups in total. The predicted molar refractivity (Wildman–Crippen MR) is 99.5 cm³/mol. The molecule has 2 aromatic carbocycles. The second-order valence-electron chi connectivity index (χ2n) is 5.85. The molecule has 0 fully saturated rings. The maximum atomic E-state index is 13.8. The molecule has 1 amide bonds. The van der Waals surface area contributed by atoms with Gasteiger partial charge in [-0.2, -0.15) is 5.10 Å². The van der Waals surface area contributed by atoms with Gasteiger partial charge in [0.2, 0.25) is 5.91 Å². The van der Waals surface area contributed by atoms with Crippen LogP contribution in [0.25, 0.3) is 5.69 Å². The lowest BCUT2D eigenvalue weighted by Gasteiger charge is -2.08. The SMILES string of the molecule is Cc1cc(C)n(-c2ccc(CC(=O)Nc3ccc(Br)cc3F)cc2)n1. The fourth-order valence-electron chi connectivity index (χ4n) is 2.62. The Morgan fingerprint density at radius 3 is 2.48 bits per heavy atom. The number of nitrogens with zero attached hydrogens (tertiary/aromatic N) is 2. The van der Waals surface area contributed by atoms with E-state index in [1.165, 1.54) is 12.1 Å². The third kappa shape index (κ3) is 4.14. The van der Waals surface area contributed by atoms with Crippen molar-refractivity contribution < 1.29 is 9.18 Å². The van der Waals surface area contributed by atoms with Gasteiger partial charge in [0.05, 0.1) is 23.5 Å². The van der Waals surface area contributed by atoms with Gasteiger partial charge in [0.15, 0.2) is 0 Å². The molecule has 0 aliphatic heterocycles. The largest absolute Gasteiger partial charge is 0.323 e. The van der Waals surface area contributed by atoms with Crippen LogP contribution < -0.4 is 5.32 Å². The molecule has 0 aliphatic rings. The number of amides is 1. The highest BCUT2D eigenvalue weighted by Crippen LogP contribution is 2.20. The van der Waals surface area contributed by atoms with Crippen molar-refractivity contribution in [1.29, 1.82) is 0 Å². The Bertz CT molecular complexity index is 919. The van der Waals surface area contributed by atoms with E-state index in [1.807, 2.05) is 48.9 Å². The number of hydrogen-bond acceptors (Lipinski definition) is 2. The molecule has 25 heavy (non-hydrogen) atoms. The number of aromatic nitrogens is 2. The van der Waals surface area contributed by atoms with E-state index in [2.05, 4.69) is 26.3 Å². The van der Waals surface area contributed by atoms with Crippen LogP contribution in [0.4, 0.5) is 10.1 Å². The smallest absolute Gasteiger partial charge is 0.228 e. The van der Waals surface area contributed by atoms with Gasteiger partial charge in [0.25, 0.3) is 0 Å². The molecule has 0 bridgehead atoms. The molecule has 0 atom stereocenters. The summed E-state index contributed by atoms with van der Waals surface area (Å²) < 4.78 is 16.3. The van der Waals surface area contributed by atoms with E-state index >= 15 is 0 Å². The molecular weight excluding hydrogens is 385 g/mol. The minimum absolute atomic E-state index is 0.174. The maximum Gasteiger partial charge on any atom is 0.228 e. The number of halogens is 2. The molecule has 1 aromatic heterocycles. The maximum absolute atomic E-state index is 13.8. The first-order chi connectivity index (χ1) is 11.9. The van der Waals surface area contributed by atoms with E-state index in [9.17, 15) is 9.18 Å². The van der Waals surface area contributed by atoms with Crippen LogP contribution in [0, 0.1) is 19.7 Å². The molecule has 4 nitrogen and oxygen atoms in total. The van der Waals surface area contributed by atoms with Gasteiger partial charge in [-0.3, -0.25) is 4.79 Å². The zero-order valence-electron chi connectivity index (χ0n) is 13.9. The molecule has 0 saturated heterocycles. The molecule has 0 saturated carbocycles. The highest BCUT2D eigenvalue weighted by atomic mass is 79.9. The Balaban J connectivity index is 1.68. The van der Waals surface area contributed by atoms with Crippen LogP contribution in [0.3, 0.4) is 0 Å². The Morgan fingerprint density at radius 2 is 1.88 bits per heavy atom. The lowest BCUT2D eigenvalue weighted by molar-refractivity contribution is -0.115. The van der Waals surface area contributed by atoms with E-state index < -0.39 is 5.82 Å². The molecule has 3 aromatic rings. The molecule has 0 unspecified atom stereocenters. The molecule has 0 spiro atoms. The average Bonchev–Trinajstić information content (AvgIpc) is 2.89. The van der Waals surface area contributed by atoms with Crippen molar-refractivity contribution in [2.24, 2.45) is 0 Å². The summed E-state index contributed by atoms with van der Waals surface area (Å²) in [5.41, 5.74) is 3.97. The summed E-state index contributed by atoms with van der Waals surface area (Å²) in [5.74, 6) is -0.734. The molecule has 128 valence electrons. The summed E-state index contributed by atoms with van der Waals surface area (Å²) in [6.07, 6.45) is 0.174. The average molecular weight is 402 g/mol. The van der Waals surface area contributed by atoms with Gasteiger partial charge in [-0.1, -0.05) is 28.1 Å². The molecule has 0 radical (unpaired) electrons. The van der Waals surface area contributed by atoms with Gasteiger partial charge in [0.1, 0.15) is 5.82 Å². The van der Waals surface area contributed by atoms with E-state index in [0.29, 0.717) is 4.47 Å². The second kappa shape index (κ2) is 7.19. The van der Waals surface area contributed by atoms with Crippen LogP contribution in [0.2, 0.25) is 0 Å². The quantitative estimate of drug-likeness (QED) is 0.695. The number of nitrogens with one attached hydrogen (secondary N) is 1. The monoisotopic (exact) mass is 401 g/mol. The fraction of sp³-hybridized carbons (Fsp3) is 0.158. The van der Waals surface area contributed by atoms with Gasteiger partial charge in [-0.25, -0.2) is 9.07 Å². The van der Waals surface area contributed by atoms with Crippen LogP contribution in [0.5, 0.6) is 0 Å². The lowest BCUT2D eigenvalue weighted by atomic mass is 10.1. The van der Waals surface area contributed by atoms with Crippen LogP contribution in [-0.2, 0) is 11.2 Å². The summed E-state index contributed by atoms with van der Waals surface area (Å²) in [5, 5.41) is 7.03. The van der Waals surface area contributed by atoms with Gasteiger partial charge >= 0.3 is 0 Å². The summed E-state index contributed by atoms with van der Waals surface area (Å²) in [6.45, 7) is 3.94. The van der Waals surface area contributed by atoms with Crippen molar-refractivity contribution in [3.8, 4) is 5.69 Å². The molecule has 1 heterocycles. The minimum atomic E-state index is -0.470. The van der Waals surface area contributed by atoms with E-state index in [1.54, 1.807) is 6.07 Å². The number of carbonyl (C=O) groups is 1. The van der Waals surface area contributed by atoms with Gasteiger partial charge in [-0.15, -0.1) is 0 Å². The van der Waals surface area contributed by atoms with Crippen molar-refractivity contribution in [3.05, 3.63) is 75.8 Å². The highest BCUT2D eigenvalue weighted by molar-refractivity contribution is 9.10. The van der Waals surface area contributed by atoms with Crippen LogP contribution >= 0.6 is 15.9 Å². The Labute approximate surface area is 153 Å². The van der Waals surface area contributed by atoms with Crippen LogP contribution in [-0.4, -0.2) is 15.7 Å². The normalized spacial score (nSPS) is 10.7. The van der Waals surface area contributed by atoms with E-state index in [0.717, 1.165) is 22.6 Å². The van der Waals surface area contributed by atoms with Crippen molar-refractivity contribution in [2.75, 3.05) is 5.32 Å². The first-order valence-corrected chi connectivity index (χ1v) is 8.59. The number of benzene rings is 2. The zero-order valence-corrected chi connectivity index (χ0v) is 15.5. The first-order valence-electron chi connectivity index (χ1n) is 7.80. The van der Waals surface area contributed by atoms with Crippen LogP contribution in [0.1, 0.15) is 17.0 Å². The van der Waals surface area contributed by atoms with Crippen molar-refractivity contribution in [1.82, 2.24) is 9.78 Å². The van der Waals surface area contributed by atoms with E-state index in [4.69, 9.17) is 0 Å². The Kier molecular flexibility index (Phi) is 4.99. The summed E-state index contributed by atoms with van der Waals surface area (Å²) in [4.78, 5) is 12.1. The number of aryl methyl sites for hydroxylation is 2. The van der Waals surface area contributed by atoms with E-state index in [-0.39, 0.29) is 18.0 Å². The first kappa shape index (κ1) is 17.4. The fourth-order valence-corrected chi connectivity index (χ4v) is 2.95. The third-order valence-electron chi connectivity index (χ3n) is 3.76. The molecule has 6 heteroatoms. The third-order valence-corrected chi connectivity index (χ3v) is 4.25. The summed E-state index contributed by atoms with van der Waals surface area (Å²) in [6, 6.07) is 14.1. The van der Waals surface area contributed by atoms with Crippen molar-refractivity contribution in [2.45, 2.75) is 20.3 Å². The number of rotatable bonds is 4. The summed E-state index contributed by atoms with van der Waals surface area (Å²) in [7, 11) is 0. The lowest BCUT2D eigenvalue weighted by Crippen LogP contribution is -2.15. The number of hydrogen-bond donors (Lipinski definition) is 1. The standard InChI is InChI=1S/C19H17BrFN3O/c1-12-9-13(2)24(23-12)16-6-3-14(4-7-16)10-19(25)22-18-8-5-15(20)11-17(18)21/h3-9,11H,10H2,1-2H3,(H,22,25). The van der Waals surface area contributed by atoms with Gasteiger partial charge in [-0.05, 0) is 55.8 Å². The van der Waals surface area contributed by atoms with Gasteiger partial charge in [0, 0.05) is 10.2 Å².